The molecule has 0 N–H and O–H groups in total. The Labute approximate surface area is 181 Å². The first-order valence-electron chi connectivity index (χ1n) is 9.99. The molecule has 1 aliphatic rings. The number of nitrogens with zero attached hydrogens (tertiary/aromatic N) is 5. The maximum Gasteiger partial charge on any atom is 0.433 e. The molecule has 0 aliphatic carbocycles. The van der Waals surface area contributed by atoms with E-state index in [1.54, 1.807) is 27.1 Å². The number of thiophene rings is 1. The van der Waals surface area contributed by atoms with Gasteiger partial charge in [-0.2, -0.15) is 18.3 Å². The average Bonchev–Trinajstić information content (AvgIpc) is 3.37. The number of hydrogen-bond acceptors (Lipinski definition) is 5. The van der Waals surface area contributed by atoms with Gasteiger partial charge < -0.3 is 4.90 Å². The van der Waals surface area contributed by atoms with Crippen molar-refractivity contribution in [2.24, 2.45) is 0 Å². The molecule has 3 aromatic rings. The van der Waals surface area contributed by atoms with Gasteiger partial charge in [0.05, 0.1) is 16.3 Å². The summed E-state index contributed by atoms with van der Waals surface area (Å²) >= 11 is 1.33. The monoisotopic (exact) mass is 449 g/mol. The third kappa shape index (κ3) is 4.79. The second-order valence-electron chi connectivity index (χ2n) is 7.74. The normalized spacial score (nSPS) is 17.2. The van der Waals surface area contributed by atoms with Crippen LogP contribution in [0.4, 0.5) is 13.2 Å². The molecular formula is C21H22F3N5OS. The smallest absolute Gasteiger partial charge is 0.340 e. The Balaban J connectivity index is 1.58. The number of amides is 1. The molecule has 0 radical (unpaired) electrons. The van der Waals surface area contributed by atoms with Crippen LogP contribution in [0, 0.1) is 13.8 Å². The van der Waals surface area contributed by atoms with Crippen molar-refractivity contribution in [3.8, 4) is 10.6 Å². The topological polar surface area (TPSA) is 63.9 Å². The van der Waals surface area contributed by atoms with E-state index >= 15 is 0 Å². The van der Waals surface area contributed by atoms with Crippen LogP contribution < -0.4 is 0 Å². The number of aryl methyl sites for hydroxylation is 2. The molecule has 1 aliphatic heterocycles. The van der Waals surface area contributed by atoms with E-state index in [0.717, 1.165) is 17.5 Å². The molecule has 3 aromatic heterocycles. The lowest BCUT2D eigenvalue weighted by Gasteiger charge is -2.32. The molecular weight excluding hydrogens is 427 g/mol. The molecule has 10 heteroatoms. The molecule has 164 valence electrons. The maximum absolute atomic E-state index is 13.5. The first-order valence-corrected chi connectivity index (χ1v) is 10.9. The fourth-order valence-electron chi connectivity index (χ4n) is 3.82. The van der Waals surface area contributed by atoms with Crippen molar-refractivity contribution in [2.75, 3.05) is 13.1 Å². The minimum Gasteiger partial charge on any atom is -0.340 e. The van der Waals surface area contributed by atoms with Gasteiger partial charge in [-0.05, 0) is 50.3 Å². The number of piperidine rings is 1. The highest BCUT2D eigenvalue weighted by molar-refractivity contribution is 7.13. The highest BCUT2D eigenvalue weighted by Gasteiger charge is 2.35. The molecule has 31 heavy (non-hydrogen) atoms. The zero-order chi connectivity index (χ0) is 22.2. The second kappa shape index (κ2) is 8.41. The first kappa shape index (κ1) is 21.5. The highest BCUT2D eigenvalue weighted by atomic mass is 32.1. The minimum absolute atomic E-state index is 0.107. The molecule has 0 unspecified atom stereocenters. The molecule has 6 nitrogen and oxygen atoms in total. The quantitative estimate of drug-likeness (QED) is 0.591. The van der Waals surface area contributed by atoms with Crippen LogP contribution >= 0.6 is 11.3 Å². The van der Waals surface area contributed by atoms with Gasteiger partial charge in [0.2, 0.25) is 5.91 Å². The van der Waals surface area contributed by atoms with Crippen LogP contribution in [-0.2, 0) is 17.5 Å². The number of likely N-dealkylation sites (tertiary alicyclic amines) is 1. The maximum atomic E-state index is 13.5. The largest absolute Gasteiger partial charge is 0.433 e. The fourth-order valence-corrected chi connectivity index (χ4v) is 4.51. The van der Waals surface area contributed by atoms with Gasteiger partial charge in [-0.15, -0.1) is 11.3 Å². The van der Waals surface area contributed by atoms with Gasteiger partial charge in [-0.3, -0.25) is 9.48 Å². The van der Waals surface area contributed by atoms with Crippen molar-refractivity contribution in [2.45, 2.75) is 45.3 Å². The van der Waals surface area contributed by atoms with E-state index in [4.69, 9.17) is 0 Å². The number of carbonyl (C=O) groups excluding carboxylic acids is 1. The van der Waals surface area contributed by atoms with Gasteiger partial charge >= 0.3 is 6.18 Å². The molecule has 0 spiro atoms. The summed E-state index contributed by atoms with van der Waals surface area (Å²) in [5.74, 6) is -0.317. The lowest BCUT2D eigenvalue weighted by atomic mass is 9.96. The van der Waals surface area contributed by atoms with Gasteiger partial charge in [-0.1, -0.05) is 6.07 Å². The lowest BCUT2D eigenvalue weighted by Crippen LogP contribution is -2.41. The van der Waals surface area contributed by atoms with E-state index in [1.165, 1.54) is 11.3 Å². The van der Waals surface area contributed by atoms with E-state index in [-0.39, 0.29) is 29.9 Å². The number of rotatable bonds is 4. The molecule has 1 amide bonds. The predicted molar refractivity (Wildman–Crippen MR) is 111 cm³/mol. The van der Waals surface area contributed by atoms with Crippen LogP contribution in [0.2, 0.25) is 0 Å². The Morgan fingerprint density at radius 2 is 2.06 bits per heavy atom. The Morgan fingerprint density at radius 1 is 1.26 bits per heavy atom. The van der Waals surface area contributed by atoms with Crippen molar-refractivity contribution >= 4 is 17.2 Å². The van der Waals surface area contributed by atoms with Gasteiger partial charge in [0.1, 0.15) is 18.1 Å². The summed E-state index contributed by atoms with van der Waals surface area (Å²) in [5.41, 5.74) is 1.03. The second-order valence-corrected chi connectivity index (χ2v) is 8.68. The number of hydrogen-bond donors (Lipinski definition) is 0. The van der Waals surface area contributed by atoms with Crippen molar-refractivity contribution in [3.63, 3.8) is 0 Å². The molecule has 0 saturated carbocycles. The summed E-state index contributed by atoms with van der Waals surface area (Å²) in [5, 5.41) is 6.12. The van der Waals surface area contributed by atoms with Gasteiger partial charge in [0, 0.05) is 24.7 Å². The third-order valence-electron chi connectivity index (χ3n) is 5.34. The summed E-state index contributed by atoms with van der Waals surface area (Å²) < 4.78 is 42.1. The Morgan fingerprint density at radius 3 is 2.71 bits per heavy atom. The fraction of sp³-hybridized carbons (Fsp3) is 0.429. The standard InChI is InChI=1S/C21H22F3N5OS/c1-13-9-14(2)29(27-13)12-19(30)28-7-3-5-15(11-28)20-25-16(17-6-4-8-31-17)10-18(26-20)21(22,23)24/h4,6,8-10,15H,3,5,7,11-12H2,1-2H3/t15-/m0/s1. The Bertz CT molecular complexity index is 1080. The van der Waals surface area contributed by atoms with E-state index in [1.807, 2.05) is 19.9 Å². The van der Waals surface area contributed by atoms with Crippen LogP contribution in [0.5, 0.6) is 0 Å². The highest BCUT2D eigenvalue weighted by Crippen LogP contribution is 2.34. The molecule has 0 bridgehead atoms. The molecule has 4 rings (SSSR count). The summed E-state index contributed by atoms with van der Waals surface area (Å²) in [6.07, 6.45) is -3.25. The van der Waals surface area contributed by atoms with Crippen LogP contribution in [0.1, 0.15) is 41.7 Å². The number of alkyl halides is 3. The number of carbonyl (C=O) groups is 1. The van der Waals surface area contributed by atoms with Crippen LogP contribution in [-0.4, -0.2) is 43.6 Å². The molecule has 0 aromatic carbocycles. The van der Waals surface area contributed by atoms with E-state index in [0.29, 0.717) is 30.8 Å². The van der Waals surface area contributed by atoms with E-state index in [9.17, 15) is 18.0 Å². The zero-order valence-corrected chi connectivity index (χ0v) is 18.0. The molecule has 1 atom stereocenters. The predicted octanol–water partition coefficient (Wildman–Crippen LogP) is 4.44. The van der Waals surface area contributed by atoms with Crippen LogP contribution in [0.3, 0.4) is 0 Å². The first-order chi connectivity index (χ1) is 14.7. The van der Waals surface area contributed by atoms with Crippen molar-refractivity contribution in [3.05, 3.63) is 52.6 Å². The minimum atomic E-state index is -4.57. The van der Waals surface area contributed by atoms with E-state index < -0.39 is 11.9 Å². The Kier molecular flexibility index (Phi) is 5.83. The summed E-state index contributed by atoms with van der Waals surface area (Å²) in [6, 6.07) is 6.40. The summed E-state index contributed by atoms with van der Waals surface area (Å²) in [7, 11) is 0. The average molecular weight is 450 g/mol. The number of aromatic nitrogens is 4. The van der Waals surface area contributed by atoms with Crippen molar-refractivity contribution in [1.29, 1.82) is 0 Å². The lowest BCUT2D eigenvalue weighted by molar-refractivity contribution is -0.141. The summed E-state index contributed by atoms with van der Waals surface area (Å²) in [6.45, 7) is 4.71. The van der Waals surface area contributed by atoms with E-state index in [2.05, 4.69) is 15.1 Å². The molecule has 4 heterocycles. The van der Waals surface area contributed by atoms with Crippen LogP contribution in [0.15, 0.2) is 29.6 Å². The summed E-state index contributed by atoms with van der Waals surface area (Å²) in [4.78, 5) is 23.5. The van der Waals surface area contributed by atoms with Crippen molar-refractivity contribution in [1.82, 2.24) is 24.6 Å². The van der Waals surface area contributed by atoms with Gasteiger partial charge in [0.15, 0.2) is 0 Å². The molecule has 1 saturated heterocycles. The zero-order valence-electron chi connectivity index (χ0n) is 17.2. The van der Waals surface area contributed by atoms with Gasteiger partial charge in [0.25, 0.3) is 0 Å². The molecule has 1 fully saturated rings. The third-order valence-corrected chi connectivity index (χ3v) is 6.23. The SMILES string of the molecule is Cc1cc(C)n(CC(=O)N2CCC[C@H](c3nc(-c4cccs4)cc(C(F)(F)F)n3)C2)n1. The van der Waals surface area contributed by atoms with Crippen LogP contribution in [0.25, 0.3) is 10.6 Å². The van der Waals surface area contributed by atoms with Gasteiger partial charge in [-0.25, -0.2) is 9.97 Å². The Hall–Kier alpha value is -2.75. The number of halogens is 3. The van der Waals surface area contributed by atoms with Crippen molar-refractivity contribution < 1.29 is 18.0 Å².